The molecular weight excluding hydrogens is 378 g/mol. The van der Waals surface area contributed by atoms with E-state index in [1.54, 1.807) is 37.6 Å². The van der Waals surface area contributed by atoms with Gasteiger partial charge in [0.1, 0.15) is 17.1 Å². The van der Waals surface area contributed by atoms with E-state index in [4.69, 9.17) is 9.15 Å². The first-order valence-corrected chi connectivity index (χ1v) is 9.48. The lowest BCUT2D eigenvalue weighted by atomic mass is 10.1. The molecule has 0 bridgehead atoms. The van der Waals surface area contributed by atoms with Crippen LogP contribution in [0.3, 0.4) is 0 Å². The highest BCUT2D eigenvalue weighted by Gasteiger charge is 2.15. The van der Waals surface area contributed by atoms with Gasteiger partial charge in [-0.25, -0.2) is 0 Å². The Bertz CT molecular complexity index is 1510. The molecule has 2 aromatic heterocycles. The third kappa shape index (κ3) is 2.88. The molecule has 0 aliphatic rings. The van der Waals surface area contributed by atoms with E-state index in [0.717, 1.165) is 11.2 Å². The van der Waals surface area contributed by atoms with Gasteiger partial charge in [-0.05, 0) is 36.4 Å². The van der Waals surface area contributed by atoms with Crippen LogP contribution in [0.4, 0.5) is 0 Å². The monoisotopic (exact) mass is 395 g/mol. The number of aromatic nitrogens is 1. The number of hydrogen-bond donors (Lipinski definition) is 0. The van der Waals surface area contributed by atoms with Crippen molar-refractivity contribution in [3.8, 4) is 22.8 Å². The van der Waals surface area contributed by atoms with Crippen molar-refractivity contribution in [2.24, 2.45) is 0 Å². The van der Waals surface area contributed by atoms with Gasteiger partial charge in [0.2, 0.25) is 0 Å². The topological polar surface area (TPSA) is 61.4 Å². The van der Waals surface area contributed by atoms with Gasteiger partial charge in [-0.3, -0.25) is 9.59 Å². The minimum absolute atomic E-state index is 0.192. The Hall–Kier alpha value is -4.12. The van der Waals surface area contributed by atoms with E-state index in [0.29, 0.717) is 27.7 Å². The fourth-order valence-corrected chi connectivity index (χ4v) is 3.65. The van der Waals surface area contributed by atoms with Gasteiger partial charge in [-0.1, -0.05) is 30.3 Å². The Balaban J connectivity index is 1.84. The zero-order valence-corrected chi connectivity index (χ0v) is 16.2. The largest absolute Gasteiger partial charge is 0.497 e. The number of hydrogen-bond acceptors (Lipinski definition) is 4. The summed E-state index contributed by atoms with van der Waals surface area (Å²) in [5, 5.41) is 0.982. The van der Waals surface area contributed by atoms with Gasteiger partial charge >= 0.3 is 0 Å². The molecule has 3 aromatic carbocycles. The zero-order valence-electron chi connectivity index (χ0n) is 16.2. The lowest BCUT2D eigenvalue weighted by Crippen LogP contribution is -2.12. The summed E-state index contributed by atoms with van der Waals surface area (Å²) in [6.07, 6.45) is 1.73. The molecule has 0 aliphatic carbocycles. The lowest BCUT2D eigenvalue weighted by Gasteiger charge is -2.13. The van der Waals surface area contributed by atoms with Crippen molar-refractivity contribution in [1.29, 1.82) is 0 Å². The molecule has 5 aromatic rings. The van der Waals surface area contributed by atoms with Crippen molar-refractivity contribution in [2.45, 2.75) is 0 Å². The maximum Gasteiger partial charge on any atom is 0.200 e. The van der Waals surface area contributed by atoms with Crippen LogP contribution in [0, 0.1) is 0 Å². The van der Waals surface area contributed by atoms with Crippen LogP contribution in [-0.2, 0) is 0 Å². The zero-order chi connectivity index (χ0) is 20.7. The van der Waals surface area contributed by atoms with E-state index in [-0.39, 0.29) is 16.6 Å². The highest BCUT2D eigenvalue weighted by molar-refractivity contribution is 5.86. The van der Waals surface area contributed by atoms with Crippen LogP contribution in [0.5, 0.6) is 5.75 Å². The summed E-state index contributed by atoms with van der Waals surface area (Å²) in [4.78, 5) is 26.0. The van der Waals surface area contributed by atoms with Gasteiger partial charge in [0.25, 0.3) is 0 Å². The minimum Gasteiger partial charge on any atom is -0.497 e. The smallest absolute Gasteiger partial charge is 0.200 e. The third-order valence-electron chi connectivity index (χ3n) is 5.15. The van der Waals surface area contributed by atoms with Crippen LogP contribution < -0.4 is 15.6 Å². The molecule has 146 valence electrons. The van der Waals surface area contributed by atoms with Crippen LogP contribution in [0.2, 0.25) is 0 Å². The average Bonchev–Trinajstić information content (AvgIpc) is 2.79. The molecule has 5 rings (SSSR count). The molecule has 0 radical (unpaired) electrons. The summed E-state index contributed by atoms with van der Waals surface area (Å²) >= 11 is 0. The second-order valence-corrected chi connectivity index (χ2v) is 6.93. The number of benzene rings is 3. The van der Waals surface area contributed by atoms with Crippen molar-refractivity contribution >= 4 is 21.9 Å². The molecule has 0 atom stereocenters. The summed E-state index contributed by atoms with van der Waals surface area (Å²) in [5.41, 5.74) is 1.97. The molecule has 0 fully saturated rings. The van der Waals surface area contributed by atoms with Gasteiger partial charge in [0.15, 0.2) is 10.9 Å². The van der Waals surface area contributed by atoms with Gasteiger partial charge in [-0.15, -0.1) is 0 Å². The Morgan fingerprint density at radius 2 is 1.60 bits per heavy atom. The quantitative estimate of drug-likeness (QED) is 0.441. The fourth-order valence-electron chi connectivity index (χ4n) is 3.65. The van der Waals surface area contributed by atoms with E-state index in [1.165, 1.54) is 6.07 Å². The maximum atomic E-state index is 13.3. The number of pyridine rings is 1. The van der Waals surface area contributed by atoms with Gasteiger partial charge in [0, 0.05) is 29.4 Å². The van der Waals surface area contributed by atoms with E-state index < -0.39 is 0 Å². The summed E-state index contributed by atoms with van der Waals surface area (Å²) in [6, 6.07) is 23.5. The Morgan fingerprint density at radius 3 is 2.40 bits per heavy atom. The first-order valence-electron chi connectivity index (χ1n) is 9.48. The van der Waals surface area contributed by atoms with Crippen LogP contribution >= 0.6 is 0 Å². The highest BCUT2D eigenvalue weighted by atomic mass is 16.5. The van der Waals surface area contributed by atoms with Crippen molar-refractivity contribution < 1.29 is 9.15 Å². The predicted octanol–water partition coefficient (Wildman–Crippen LogP) is 4.77. The molecule has 30 heavy (non-hydrogen) atoms. The molecule has 0 saturated carbocycles. The second kappa shape index (κ2) is 7.04. The predicted molar refractivity (Wildman–Crippen MR) is 118 cm³/mol. The summed E-state index contributed by atoms with van der Waals surface area (Å²) in [5.74, 6) is 0.796. The number of methoxy groups -OCH3 is 1. The SMILES string of the molecule is COc1ccc2c(=O)cc(-c3cn(-c4ccccc4)c4ccccc4c3=O)oc2c1. The van der Waals surface area contributed by atoms with E-state index in [9.17, 15) is 9.59 Å². The van der Waals surface area contributed by atoms with E-state index in [1.807, 2.05) is 53.1 Å². The third-order valence-corrected chi connectivity index (χ3v) is 5.15. The fraction of sp³-hybridized carbons (Fsp3) is 0.0400. The number of para-hydroxylation sites is 2. The molecule has 0 aliphatic heterocycles. The molecule has 5 heteroatoms. The molecule has 0 N–H and O–H groups in total. The molecule has 0 amide bonds. The van der Waals surface area contributed by atoms with Crippen LogP contribution in [0.15, 0.2) is 99.1 Å². The number of fused-ring (bicyclic) bond motifs is 2. The Labute approximate surface area is 171 Å². The van der Waals surface area contributed by atoms with E-state index >= 15 is 0 Å². The average molecular weight is 395 g/mol. The number of ether oxygens (including phenoxy) is 1. The molecular formula is C25H17NO4. The molecule has 0 saturated heterocycles. The van der Waals surface area contributed by atoms with Crippen LogP contribution in [-0.4, -0.2) is 11.7 Å². The van der Waals surface area contributed by atoms with Gasteiger partial charge in [-0.2, -0.15) is 0 Å². The number of nitrogens with zero attached hydrogens (tertiary/aromatic N) is 1. The number of rotatable bonds is 3. The van der Waals surface area contributed by atoms with E-state index in [2.05, 4.69) is 0 Å². The maximum absolute atomic E-state index is 13.3. The summed E-state index contributed by atoms with van der Waals surface area (Å²) in [7, 11) is 1.55. The second-order valence-electron chi connectivity index (χ2n) is 6.93. The van der Waals surface area contributed by atoms with Crippen LogP contribution in [0.25, 0.3) is 38.9 Å². The first-order chi connectivity index (χ1) is 14.7. The van der Waals surface area contributed by atoms with Gasteiger partial charge < -0.3 is 13.7 Å². The Morgan fingerprint density at radius 1 is 0.833 bits per heavy atom. The lowest BCUT2D eigenvalue weighted by molar-refractivity contribution is 0.414. The van der Waals surface area contributed by atoms with Gasteiger partial charge in [0.05, 0.1) is 23.6 Å². The van der Waals surface area contributed by atoms with Crippen LogP contribution in [0.1, 0.15) is 0 Å². The van der Waals surface area contributed by atoms with Crippen molar-refractivity contribution in [3.05, 3.63) is 106 Å². The molecule has 0 spiro atoms. The summed E-state index contributed by atoms with van der Waals surface area (Å²) < 4.78 is 13.2. The Kier molecular flexibility index (Phi) is 4.21. The van der Waals surface area contributed by atoms with Crippen molar-refractivity contribution in [2.75, 3.05) is 7.11 Å². The minimum atomic E-state index is -0.215. The molecule has 2 heterocycles. The first kappa shape index (κ1) is 17.9. The van der Waals surface area contributed by atoms with Crippen molar-refractivity contribution in [1.82, 2.24) is 4.57 Å². The molecule has 5 nitrogen and oxygen atoms in total. The van der Waals surface area contributed by atoms with Crippen molar-refractivity contribution in [3.63, 3.8) is 0 Å². The normalized spacial score (nSPS) is 11.1. The highest BCUT2D eigenvalue weighted by Crippen LogP contribution is 2.26. The standard InChI is InChI=1S/C25H17NO4/c1-29-17-11-12-19-22(27)14-24(30-23(19)13-17)20-15-26(16-7-3-2-4-8-16)21-10-6-5-9-18(21)25(20)28/h2-15H,1H3. The molecule has 0 unspecified atom stereocenters. The summed E-state index contributed by atoms with van der Waals surface area (Å²) in [6.45, 7) is 0.